The highest BCUT2D eigenvalue weighted by Gasteiger charge is 2.22. The largest absolute Gasteiger partial charge is 0.448 e. The Hall–Kier alpha value is -3.19. The van der Waals surface area contributed by atoms with Crippen molar-refractivity contribution < 1.29 is 23.5 Å². The van der Waals surface area contributed by atoms with Gasteiger partial charge in [0.05, 0.1) is 10.7 Å². The van der Waals surface area contributed by atoms with Crippen molar-refractivity contribution in [3.8, 4) is 0 Å². The first-order valence-electron chi connectivity index (χ1n) is 8.27. The van der Waals surface area contributed by atoms with Crippen LogP contribution in [0.2, 0.25) is 5.02 Å². The molecular weight excluding hydrogens is 387 g/mol. The molecular formula is C20H18ClFN2O4. The Labute approximate surface area is 166 Å². The number of esters is 1. The van der Waals surface area contributed by atoms with Gasteiger partial charge in [0.25, 0.3) is 5.91 Å². The molecule has 0 radical (unpaired) electrons. The molecule has 2 N–H and O–H groups in total. The second kappa shape index (κ2) is 9.66. The van der Waals surface area contributed by atoms with Crippen molar-refractivity contribution >= 4 is 41.1 Å². The summed E-state index contributed by atoms with van der Waals surface area (Å²) in [6, 6.07) is 12.3. The summed E-state index contributed by atoms with van der Waals surface area (Å²) in [4.78, 5) is 36.0. The van der Waals surface area contributed by atoms with Gasteiger partial charge in [0.2, 0.25) is 5.91 Å². The number of rotatable bonds is 6. The lowest BCUT2D eigenvalue weighted by atomic mass is 10.2. The van der Waals surface area contributed by atoms with Gasteiger partial charge in [-0.1, -0.05) is 41.9 Å². The van der Waals surface area contributed by atoms with E-state index in [-0.39, 0.29) is 16.4 Å². The number of amides is 2. The highest BCUT2D eigenvalue weighted by Crippen LogP contribution is 2.22. The van der Waals surface area contributed by atoms with E-state index in [4.69, 9.17) is 16.3 Å². The number of nitrogens with one attached hydrogen (secondary N) is 2. The van der Waals surface area contributed by atoms with Crippen LogP contribution < -0.4 is 10.6 Å². The van der Waals surface area contributed by atoms with E-state index in [1.54, 1.807) is 30.3 Å². The molecule has 146 valence electrons. The summed E-state index contributed by atoms with van der Waals surface area (Å²) in [5.41, 5.74) is 0.731. The van der Waals surface area contributed by atoms with Crippen molar-refractivity contribution in [3.05, 3.63) is 70.6 Å². The van der Waals surface area contributed by atoms with E-state index in [9.17, 15) is 18.8 Å². The van der Waals surface area contributed by atoms with Gasteiger partial charge in [0.15, 0.2) is 6.10 Å². The van der Waals surface area contributed by atoms with Gasteiger partial charge in [-0.25, -0.2) is 9.18 Å². The molecule has 28 heavy (non-hydrogen) atoms. The molecule has 0 fully saturated rings. The van der Waals surface area contributed by atoms with E-state index in [1.807, 2.05) is 0 Å². The van der Waals surface area contributed by atoms with Crippen molar-refractivity contribution in [1.82, 2.24) is 5.32 Å². The van der Waals surface area contributed by atoms with Crippen LogP contribution in [0.15, 0.2) is 54.2 Å². The molecule has 0 aromatic heterocycles. The predicted octanol–water partition coefficient (Wildman–Crippen LogP) is 3.53. The van der Waals surface area contributed by atoms with Crippen molar-refractivity contribution in [1.29, 1.82) is 0 Å². The molecule has 2 amide bonds. The summed E-state index contributed by atoms with van der Waals surface area (Å²) in [5, 5.41) is 4.85. The maximum absolute atomic E-state index is 13.1. The van der Waals surface area contributed by atoms with Crippen LogP contribution in [-0.4, -0.2) is 23.9 Å². The van der Waals surface area contributed by atoms with Crippen LogP contribution in [0, 0.1) is 5.82 Å². The first-order chi connectivity index (χ1) is 13.3. The molecule has 1 atom stereocenters. The zero-order valence-corrected chi connectivity index (χ0v) is 15.9. The standard InChI is InChI=1S/C20H18ClFN2O4/c1-12(19(26)24-17-9-8-15(22)11-16(17)21)28-20(27)18(23-13(2)25)10-14-6-4-3-5-7-14/h3-12H,1-2H3,(H,23,25)(H,24,26)/b18-10-/t12-/m0/s1. The van der Waals surface area contributed by atoms with Gasteiger partial charge in [-0.3, -0.25) is 9.59 Å². The lowest BCUT2D eigenvalue weighted by Gasteiger charge is -2.15. The van der Waals surface area contributed by atoms with Gasteiger partial charge in [0.1, 0.15) is 11.5 Å². The lowest BCUT2D eigenvalue weighted by Crippen LogP contribution is -2.33. The van der Waals surface area contributed by atoms with Crippen LogP contribution in [0.1, 0.15) is 19.4 Å². The molecule has 0 aliphatic heterocycles. The highest BCUT2D eigenvalue weighted by molar-refractivity contribution is 6.33. The summed E-state index contributed by atoms with van der Waals surface area (Å²) < 4.78 is 18.2. The van der Waals surface area contributed by atoms with Crippen molar-refractivity contribution in [3.63, 3.8) is 0 Å². The Bertz CT molecular complexity index is 916. The van der Waals surface area contributed by atoms with Crippen LogP contribution in [0.3, 0.4) is 0 Å². The van der Waals surface area contributed by atoms with E-state index >= 15 is 0 Å². The first kappa shape index (κ1) is 21.1. The zero-order valence-electron chi connectivity index (χ0n) is 15.2. The molecule has 8 heteroatoms. The third kappa shape index (κ3) is 6.21. The quantitative estimate of drug-likeness (QED) is 0.570. The second-order valence-corrected chi connectivity index (χ2v) is 6.22. The fourth-order valence-electron chi connectivity index (χ4n) is 2.15. The summed E-state index contributed by atoms with van der Waals surface area (Å²) in [7, 11) is 0. The zero-order chi connectivity index (χ0) is 20.7. The molecule has 6 nitrogen and oxygen atoms in total. The molecule has 2 aromatic carbocycles. The number of benzene rings is 2. The average molecular weight is 405 g/mol. The molecule has 0 saturated heterocycles. The predicted molar refractivity (Wildman–Crippen MR) is 104 cm³/mol. The number of hydrogen-bond acceptors (Lipinski definition) is 4. The minimum Gasteiger partial charge on any atom is -0.448 e. The molecule has 0 heterocycles. The van der Waals surface area contributed by atoms with Gasteiger partial charge in [-0.15, -0.1) is 0 Å². The van der Waals surface area contributed by atoms with Crippen LogP contribution in [0.25, 0.3) is 6.08 Å². The average Bonchev–Trinajstić information content (AvgIpc) is 2.63. The molecule has 0 spiro atoms. The van der Waals surface area contributed by atoms with Crippen LogP contribution in [-0.2, 0) is 19.1 Å². The van der Waals surface area contributed by atoms with E-state index in [2.05, 4.69) is 10.6 Å². The Morgan fingerprint density at radius 1 is 1.14 bits per heavy atom. The number of halogens is 2. The highest BCUT2D eigenvalue weighted by atomic mass is 35.5. The molecule has 2 rings (SSSR count). The maximum atomic E-state index is 13.1. The SMILES string of the molecule is CC(=O)N/C(=C\c1ccccc1)C(=O)O[C@@H](C)C(=O)Nc1ccc(F)cc1Cl. The Kier molecular flexibility index (Phi) is 7.28. The van der Waals surface area contributed by atoms with Gasteiger partial charge in [0, 0.05) is 6.92 Å². The van der Waals surface area contributed by atoms with E-state index in [0.717, 1.165) is 12.1 Å². The Morgan fingerprint density at radius 2 is 1.82 bits per heavy atom. The van der Waals surface area contributed by atoms with E-state index in [1.165, 1.54) is 26.0 Å². The minimum atomic E-state index is -1.19. The van der Waals surface area contributed by atoms with Gasteiger partial charge < -0.3 is 15.4 Å². The number of ether oxygens (including phenoxy) is 1. The fourth-order valence-corrected chi connectivity index (χ4v) is 2.37. The summed E-state index contributed by atoms with van der Waals surface area (Å²) in [6.45, 7) is 2.61. The van der Waals surface area contributed by atoms with Crippen LogP contribution in [0.5, 0.6) is 0 Å². The molecule has 0 aliphatic carbocycles. The normalized spacial score (nSPS) is 12.1. The molecule has 2 aromatic rings. The number of carbonyl (C=O) groups excluding carboxylic acids is 3. The van der Waals surface area contributed by atoms with Gasteiger partial charge in [-0.05, 0) is 36.8 Å². The van der Waals surface area contributed by atoms with Gasteiger partial charge >= 0.3 is 5.97 Å². The summed E-state index contributed by atoms with van der Waals surface area (Å²) >= 11 is 5.86. The monoisotopic (exact) mass is 404 g/mol. The van der Waals surface area contributed by atoms with Crippen molar-refractivity contribution in [2.75, 3.05) is 5.32 Å². The second-order valence-electron chi connectivity index (χ2n) is 5.81. The maximum Gasteiger partial charge on any atom is 0.355 e. The van der Waals surface area contributed by atoms with Crippen LogP contribution >= 0.6 is 11.6 Å². The smallest absolute Gasteiger partial charge is 0.355 e. The third-order valence-corrected chi connectivity index (χ3v) is 3.80. The van der Waals surface area contributed by atoms with Crippen molar-refractivity contribution in [2.24, 2.45) is 0 Å². The summed E-state index contributed by atoms with van der Waals surface area (Å²) in [6.07, 6.45) is 0.243. The number of anilines is 1. The van der Waals surface area contributed by atoms with E-state index < -0.39 is 29.7 Å². The van der Waals surface area contributed by atoms with Crippen molar-refractivity contribution in [2.45, 2.75) is 20.0 Å². The minimum absolute atomic E-state index is 0.00906. The number of carbonyl (C=O) groups is 3. The molecule has 0 saturated carbocycles. The summed E-state index contributed by atoms with van der Waals surface area (Å²) in [5.74, 6) is -2.56. The van der Waals surface area contributed by atoms with E-state index in [0.29, 0.717) is 5.56 Å². The lowest BCUT2D eigenvalue weighted by molar-refractivity contribution is -0.149. The van der Waals surface area contributed by atoms with Crippen LogP contribution in [0.4, 0.5) is 10.1 Å². The fraction of sp³-hybridized carbons (Fsp3) is 0.150. The number of hydrogen-bond donors (Lipinski definition) is 2. The topological polar surface area (TPSA) is 84.5 Å². The molecule has 0 unspecified atom stereocenters. The Balaban J connectivity index is 2.09. The third-order valence-electron chi connectivity index (χ3n) is 3.48. The Morgan fingerprint density at radius 3 is 2.43 bits per heavy atom. The molecule has 0 bridgehead atoms. The molecule has 0 aliphatic rings. The van der Waals surface area contributed by atoms with Gasteiger partial charge in [-0.2, -0.15) is 0 Å². The first-order valence-corrected chi connectivity index (χ1v) is 8.65.